The zero-order valence-corrected chi connectivity index (χ0v) is 12.0. The monoisotopic (exact) mass is 275 g/mol. The summed E-state index contributed by atoms with van der Waals surface area (Å²) < 4.78 is 0. The molecule has 0 amide bonds. The number of nitrogens with zero attached hydrogens (tertiary/aromatic N) is 2. The molecule has 0 saturated carbocycles. The summed E-state index contributed by atoms with van der Waals surface area (Å²) in [4.78, 5) is 6.82. The van der Waals surface area contributed by atoms with Crippen molar-refractivity contribution in [2.75, 3.05) is 12.4 Å². The average molecular weight is 275 g/mol. The standard InChI is InChI=1S/C18H17N3/c1-21-11-14-6-7-16(9-15(14)12-21)20-17-8-13-4-2-3-5-18(13)19-10-17/h2-10,20H,11-12H2,1H3. The Kier molecular flexibility index (Phi) is 2.86. The lowest BCUT2D eigenvalue weighted by Gasteiger charge is -2.09. The SMILES string of the molecule is CN1Cc2ccc(Nc3cnc4ccccc4c3)cc2C1. The molecule has 1 aliphatic rings. The Morgan fingerprint density at radius 1 is 0.952 bits per heavy atom. The van der Waals surface area contributed by atoms with Crippen molar-refractivity contribution < 1.29 is 0 Å². The quantitative estimate of drug-likeness (QED) is 0.768. The molecule has 1 aliphatic heterocycles. The van der Waals surface area contributed by atoms with Crippen molar-refractivity contribution in [2.45, 2.75) is 13.1 Å². The van der Waals surface area contributed by atoms with Crippen LogP contribution in [0, 0.1) is 0 Å². The lowest BCUT2D eigenvalue weighted by molar-refractivity contribution is 0.353. The van der Waals surface area contributed by atoms with Crippen LogP contribution in [0.1, 0.15) is 11.1 Å². The summed E-state index contributed by atoms with van der Waals surface area (Å²) in [6.07, 6.45) is 1.89. The number of hydrogen-bond acceptors (Lipinski definition) is 3. The molecule has 0 fully saturated rings. The number of pyridine rings is 1. The summed E-state index contributed by atoms with van der Waals surface area (Å²) in [6.45, 7) is 2.08. The molecule has 3 aromatic rings. The molecule has 0 unspecified atom stereocenters. The van der Waals surface area contributed by atoms with Crippen LogP contribution in [0.15, 0.2) is 54.7 Å². The van der Waals surface area contributed by atoms with Crippen LogP contribution in [0.25, 0.3) is 10.9 Å². The van der Waals surface area contributed by atoms with Gasteiger partial charge < -0.3 is 5.32 Å². The average Bonchev–Trinajstić information content (AvgIpc) is 2.86. The van der Waals surface area contributed by atoms with Crippen molar-refractivity contribution in [3.63, 3.8) is 0 Å². The van der Waals surface area contributed by atoms with E-state index in [0.29, 0.717) is 0 Å². The summed E-state index contributed by atoms with van der Waals surface area (Å²) in [7, 11) is 2.15. The Morgan fingerprint density at radius 3 is 2.76 bits per heavy atom. The van der Waals surface area contributed by atoms with E-state index >= 15 is 0 Å². The van der Waals surface area contributed by atoms with Crippen LogP contribution in [0.4, 0.5) is 11.4 Å². The van der Waals surface area contributed by atoms with E-state index in [4.69, 9.17) is 0 Å². The van der Waals surface area contributed by atoms with Gasteiger partial charge >= 0.3 is 0 Å². The molecule has 3 heteroatoms. The Labute approximate surface area is 124 Å². The summed E-state index contributed by atoms with van der Waals surface area (Å²) >= 11 is 0. The normalized spacial score (nSPS) is 14.3. The van der Waals surface area contributed by atoms with E-state index in [2.05, 4.69) is 52.6 Å². The predicted octanol–water partition coefficient (Wildman–Crippen LogP) is 3.92. The highest BCUT2D eigenvalue weighted by atomic mass is 15.1. The van der Waals surface area contributed by atoms with Gasteiger partial charge in [0.2, 0.25) is 0 Å². The maximum absolute atomic E-state index is 4.49. The first kappa shape index (κ1) is 12.4. The van der Waals surface area contributed by atoms with Crippen LogP contribution in [-0.2, 0) is 13.1 Å². The summed E-state index contributed by atoms with van der Waals surface area (Å²) in [6, 6.07) is 16.9. The Balaban J connectivity index is 1.64. The number of nitrogens with one attached hydrogen (secondary N) is 1. The van der Waals surface area contributed by atoms with Gasteiger partial charge in [-0.25, -0.2) is 0 Å². The van der Waals surface area contributed by atoms with Crippen LogP contribution >= 0.6 is 0 Å². The summed E-state index contributed by atoms with van der Waals surface area (Å²) in [5.74, 6) is 0. The molecular weight excluding hydrogens is 258 g/mol. The van der Waals surface area contributed by atoms with Crippen LogP contribution < -0.4 is 5.32 Å². The van der Waals surface area contributed by atoms with Crippen molar-refractivity contribution in [3.8, 4) is 0 Å². The Morgan fingerprint density at radius 2 is 1.81 bits per heavy atom. The van der Waals surface area contributed by atoms with Gasteiger partial charge in [0.25, 0.3) is 0 Å². The van der Waals surface area contributed by atoms with E-state index in [9.17, 15) is 0 Å². The van der Waals surface area contributed by atoms with E-state index in [1.807, 2.05) is 24.4 Å². The third kappa shape index (κ3) is 2.36. The van der Waals surface area contributed by atoms with Crippen molar-refractivity contribution in [1.82, 2.24) is 9.88 Å². The molecule has 1 aromatic heterocycles. The minimum atomic E-state index is 1.03. The van der Waals surface area contributed by atoms with Crippen LogP contribution in [-0.4, -0.2) is 16.9 Å². The highest BCUT2D eigenvalue weighted by Crippen LogP contribution is 2.27. The number of benzene rings is 2. The van der Waals surface area contributed by atoms with Crippen LogP contribution in [0.2, 0.25) is 0 Å². The zero-order chi connectivity index (χ0) is 14.2. The molecule has 2 heterocycles. The second-order valence-corrected chi connectivity index (χ2v) is 5.70. The van der Waals surface area contributed by atoms with Crippen molar-refractivity contribution in [1.29, 1.82) is 0 Å². The second-order valence-electron chi connectivity index (χ2n) is 5.70. The molecule has 0 atom stereocenters. The minimum Gasteiger partial charge on any atom is -0.354 e. The number of hydrogen-bond donors (Lipinski definition) is 1. The smallest absolute Gasteiger partial charge is 0.0703 e. The molecule has 3 nitrogen and oxygen atoms in total. The highest BCUT2D eigenvalue weighted by molar-refractivity contribution is 5.82. The molecular formula is C18H17N3. The fraction of sp³-hybridized carbons (Fsp3) is 0.167. The fourth-order valence-corrected chi connectivity index (χ4v) is 2.95. The maximum atomic E-state index is 4.49. The third-order valence-electron chi connectivity index (χ3n) is 3.97. The number of fused-ring (bicyclic) bond motifs is 2. The molecule has 0 radical (unpaired) electrons. The number of para-hydroxylation sites is 1. The second kappa shape index (κ2) is 4.86. The molecule has 1 N–H and O–H groups in total. The van der Waals surface area contributed by atoms with Crippen molar-refractivity contribution in [2.24, 2.45) is 0 Å². The first-order valence-corrected chi connectivity index (χ1v) is 7.20. The van der Waals surface area contributed by atoms with E-state index in [1.165, 1.54) is 11.1 Å². The highest BCUT2D eigenvalue weighted by Gasteiger charge is 2.15. The molecule has 0 spiro atoms. The van der Waals surface area contributed by atoms with Gasteiger partial charge in [0, 0.05) is 24.2 Å². The first-order valence-electron chi connectivity index (χ1n) is 7.20. The third-order valence-corrected chi connectivity index (χ3v) is 3.97. The topological polar surface area (TPSA) is 28.2 Å². The van der Waals surface area contributed by atoms with Gasteiger partial charge in [0.15, 0.2) is 0 Å². The van der Waals surface area contributed by atoms with Crippen LogP contribution in [0.3, 0.4) is 0 Å². The summed E-state index contributed by atoms with van der Waals surface area (Å²) in [5, 5.41) is 4.62. The van der Waals surface area contributed by atoms with Crippen molar-refractivity contribution in [3.05, 3.63) is 65.9 Å². The number of aromatic nitrogens is 1. The maximum Gasteiger partial charge on any atom is 0.0703 e. The largest absolute Gasteiger partial charge is 0.354 e. The van der Waals surface area contributed by atoms with Gasteiger partial charge in [-0.2, -0.15) is 0 Å². The fourth-order valence-electron chi connectivity index (χ4n) is 2.95. The van der Waals surface area contributed by atoms with E-state index in [1.54, 1.807) is 0 Å². The predicted molar refractivity (Wildman–Crippen MR) is 86.6 cm³/mol. The molecule has 4 rings (SSSR count). The molecule has 104 valence electrons. The summed E-state index contributed by atoms with van der Waals surface area (Å²) in [5.41, 5.74) is 6.02. The Hall–Kier alpha value is -2.39. The van der Waals surface area contributed by atoms with Gasteiger partial charge in [0.05, 0.1) is 17.4 Å². The molecule has 21 heavy (non-hydrogen) atoms. The number of rotatable bonds is 2. The van der Waals surface area contributed by atoms with Crippen LogP contribution in [0.5, 0.6) is 0 Å². The van der Waals surface area contributed by atoms with Gasteiger partial charge in [0.1, 0.15) is 0 Å². The zero-order valence-electron chi connectivity index (χ0n) is 12.0. The van der Waals surface area contributed by atoms with Gasteiger partial charge in [-0.05, 0) is 42.4 Å². The minimum absolute atomic E-state index is 1.03. The first-order chi connectivity index (χ1) is 10.3. The van der Waals surface area contributed by atoms with Gasteiger partial charge in [-0.1, -0.05) is 24.3 Å². The number of anilines is 2. The van der Waals surface area contributed by atoms with Gasteiger partial charge in [-0.3, -0.25) is 9.88 Å². The molecule has 0 saturated heterocycles. The van der Waals surface area contributed by atoms with E-state index in [-0.39, 0.29) is 0 Å². The molecule has 2 aromatic carbocycles. The van der Waals surface area contributed by atoms with E-state index in [0.717, 1.165) is 35.4 Å². The van der Waals surface area contributed by atoms with Gasteiger partial charge in [-0.15, -0.1) is 0 Å². The van der Waals surface area contributed by atoms with E-state index < -0.39 is 0 Å². The molecule has 0 aliphatic carbocycles. The Bertz CT molecular complexity index is 810. The lowest BCUT2D eigenvalue weighted by atomic mass is 10.1. The van der Waals surface area contributed by atoms with Crippen molar-refractivity contribution >= 4 is 22.3 Å². The molecule has 0 bridgehead atoms. The lowest BCUT2D eigenvalue weighted by Crippen LogP contribution is -2.07.